The lowest BCUT2D eigenvalue weighted by Gasteiger charge is -2.15. The fourth-order valence-electron chi connectivity index (χ4n) is 0.828. The minimum atomic E-state index is 0.706. The molecule has 0 saturated heterocycles. The van der Waals surface area contributed by atoms with Gasteiger partial charge in [-0.3, -0.25) is 4.99 Å². The van der Waals surface area contributed by atoms with Crippen LogP contribution >= 0.6 is 0 Å². The molecule has 0 aliphatic carbocycles. The predicted molar refractivity (Wildman–Crippen MR) is 43.8 cm³/mol. The Labute approximate surface area is 65.8 Å². The largest absolute Gasteiger partial charge is 0.316 e. The van der Waals surface area contributed by atoms with Gasteiger partial charge in [0.15, 0.2) is 0 Å². The van der Waals surface area contributed by atoms with Crippen LogP contribution < -0.4 is 10.6 Å². The monoisotopic (exact) mass is 152 g/mol. The van der Waals surface area contributed by atoms with E-state index < -0.39 is 0 Å². The van der Waals surface area contributed by atoms with E-state index in [9.17, 15) is 0 Å². The van der Waals surface area contributed by atoms with Crippen molar-refractivity contribution in [2.24, 2.45) is 4.99 Å². The molecule has 0 aliphatic rings. The fraction of sp³-hybridized carbons (Fsp3) is 0.429. The summed E-state index contributed by atoms with van der Waals surface area (Å²) in [5.74, 6) is 0. The summed E-state index contributed by atoms with van der Waals surface area (Å²) < 4.78 is 1.86. The Kier molecular flexibility index (Phi) is 2.25. The zero-order chi connectivity index (χ0) is 8.27. The van der Waals surface area contributed by atoms with Crippen LogP contribution in [-0.2, 0) is 0 Å². The van der Waals surface area contributed by atoms with Gasteiger partial charge in [-0.15, -0.1) is 0 Å². The molecule has 0 unspecified atom stereocenters. The standard InChI is InChI=1S/C7H12N4/c1-8-7-9-5-4-6-11(7)10(2)3/h4-6H,1-3H3. The van der Waals surface area contributed by atoms with Crippen molar-refractivity contribution in [2.45, 2.75) is 0 Å². The minimum absolute atomic E-state index is 0.706. The summed E-state index contributed by atoms with van der Waals surface area (Å²) in [6, 6.07) is 1.87. The first kappa shape index (κ1) is 7.78. The van der Waals surface area contributed by atoms with Gasteiger partial charge in [-0.1, -0.05) is 0 Å². The van der Waals surface area contributed by atoms with E-state index in [-0.39, 0.29) is 0 Å². The molecule has 4 heteroatoms. The first-order chi connectivity index (χ1) is 5.25. The summed E-state index contributed by atoms with van der Waals surface area (Å²) in [5, 5.41) is 1.91. The molecule has 0 bridgehead atoms. The highest BCUT2D eigenvalue weighted by atomic mass is 15.5. The zero-order valence-electron chi connectivity index (χ0n) is 7.02. The molecule has 1 aromatic rings. The van der Waals surface area contributed by atoms with Crippen LogP contribution in [0.15, 0.2) is 23.5 Å². The van der Waals surface area contributed by atoms with Crippen molar-refractivity contribution in [2.75, 3.05) is 26.2 Å². The Hall–Kier alpha value is -1.32. The molecule has 11 heavy (non-hydrogen) atoms. The maximum absolute atomic E-state index is 4.07. The second kappa shape index (κ2) is 3.18. The Morgan fingerprint density at radius 1 is 1.55 bits per heavy atom. The van der Waals surface area contributed by atoms with Crippen molar-refractivity contribution in [3.05, 3.63) is 24.1 Å². The second-order valence-corrected chi connectivity index (χ2v) is 2.34. The summed E-state index contributed by atoms with van der Waals surface area (Å²) in [6.45, 7) is 0. The lowest BCUT2D eigenvalue weighted by atomic mass is 10.7. The van der Waals surface area contributed by atoms with Crippen molar-refractivity contribution >= 4 is 0 Å². The molecule has 0 radical (unpaired) electrons. The molecule has 1 aromatic heterocycles. The molecule has 60 valence electrons. The molecule has 1 heterocycles. The molecular weight excluding hydrogens is 140 g/mol. The van der Waals surface area contributed by atoms with Crippen molar-refractivity contribution in [3.8, 4) is 0 Å². The normalized spacial score (nSPS) is 11.7. The summed E-state index contributed by atoms with van der Waals surface area (Å²) in [4.78, 5) is 8.07. The van der Waals surface area contributed by atoms with Crippen molar-refractivity contribution in [3.63, 3.8) is 0 Å². The topological polar surface area (TPSA) is 33.4 Å². The second-order valence-electron chi connectivity index (χ2n) is 2.34. The SMILES string of the molecule is CN=c1ncccn1N(C)C. The van der Waals surface area contributed by atoms with Gasteiger partial charge in [-0.25, -0.2) is 9.66 Å². The summed E-state index contributed by atoms with van der Waals surface area (Å²) >= 11 is 0. The number of hydrogen-bond acceptors (Lipinski definition) is 3. The van der Waals surface area contributed by atoms with E-state index in [4.69, 9.17) is 0 Å². The number of aromatic nitrogens is 2. The van der Waals surface area contributed by atoms with Gasteiger partial charge in [0.05, 0.1) is 0 Å². The van der Waals surface area contributed by atoms with Crippen molar-refractivity contribution in [1.82, 2.24) is 9.66 Å². The van der Waals surface area contributed by atoms with Crippen LogP contribution in [0.1, 0.15) is 0 Å². The van der Waals surface area contributed by atoms with Gasteiger partial charge in [-0.05, 0) is 6.07 Å². The van der Waals surface area contributed by atoms with Gasteiger partial charge in [0.2, 0.25) is 5.62 Å². The number of rotatable bonds is 1. The molecule has 0 aliphatic heterocycles. The maximum Gasteiger partial charge on any atom is 0.243 e. The van der Waals surface area contributed by atoms with Gasteiger partial charge in [0, 0.05) is 33.5 Å². The Bertz CT molecular complexity index is 286. The van der Waals surface area contributed by atoms with Crippen LogP contribution in [0.3, 0.4) is 0 Å². The van der Waals surface area contributed by atoms with Crippen LogP contribution in [-0.4, -0.2) is 30.8 Å². The van der Waals surface area contributed by atoms with Gasteiger partial charge in [0.1, 0.15) is 0 Å². The fourth-order valence-corrected chi connectivity index (χ4v) is 0.828. The van der Waals surface area contributed by atoms with E-state index in [1.54, 1.807) is 13.2 Å². The van der Waals surface area contributed by atoms with E-state index in [1.165, 1.54) is 0 Å². The van der Waals surface area contributed by atoms with E-state index >= 15 is 0 Å². The van der Waals surface area contributed by atoms with E-state index in [0.29, 0.717) is 5.62 Å². The molecule has 0 saturated carbocycles. The van der Waals surface area contributed by atoms with Gasteiger partial charge in [-0.2, -0.15) is 0 Å². The molecular formula is C7H12N4. The average Bonchev–Trinajstić information content (AvgIpc) is 2.04. The van der Waals surface area contributed by atoms with E-state index in [1.807, 2.05) is 36.0 Å². The van der Waals surface area contributed by atoms with Gasteiger partial charge < -0.3 is 5.01 Å². The van der Waals surface area contributed by atoms with Crippen LogP contribution in [0, 0.1) is 0 Å². The van der Waals surface area contributed by atoms with E-state index in [0.717, 1.165) is 0 Å². The molecule has 1 rings (SSSR count). The molecule has 0 N–H and O–H groups in total. The zero-order valence-corrected chi connectivity index (χ0v) is 7.02. The van der Waals surface area contributed by atoms with Crippen LogP contribution in [0.25, 0.3) is 0 Å². The predicted octanol–water partition coefficient (Wildman–Crippen LogP) is -0.389. The van der Waals surface area contributed by atoms with Crippen LogP contribution in [0.2, 0.25) is 0 Å². The Balaban J connectivity index is 3.25. The molecule has 0 atom stereocenters. The van der Waals surface area contributed by atoms with Crippen LogP contribution in [0.5, 0.6) is 0 Å². The molecule has 4 nitrogen and oxygen atoms in total. The summed E-state index contributed by atoms with van der Waals surface area (Å²) in [6.07, 6.45) is 3.64. The average molecular weight is 152 g/mol. The molecule has 0 spiro atoms. The summed E-state index contributed by atoms with van der Waals surface area (Å²) in [7, 11) is 5.61. The van der Waals surface area contributed by atoms with E-state index in [2.05, 4.69) is 9.98 Å². The summed E-state index contributed by atoms with van der Waals surface area (Å²) in [5.41, 5.74) is 0.706. The molecule has 0 aromatic carbocycles. The minimum Gasteiger partial charge on any atom is -0.316 e. The third kappa shape index (κ3) is 1.58. The highest BCUT2D eigenvalue weighted by Gasteiger charge is 1.91. The first-order valence-electron chi connectivity index (χ1n) is 3.40. The van der Waals surface area contributed by atoms with Crippen LogP contribution in [0.4, 0.5) is 0 Å². The lowest BCUT2D eigenvalue weighted by molar-refractivity contribution is 0.657. The number of hydrogen-bond donors (Lipinski definition) is 0. The van der Waals surface area contributed by atoms with Gasteiger partial charge >= 0.3 is 0 Å². The molecule has 0 fully saturated rings. The molecule has 0 amide bonds. The van der Waals surface area contributed by atoms with Gasteiger partial charge in [0.25, 0.3) is 0 Å². The smallest absolute Gasteiger partial charge is 0.243 e. The Morgan fingerprint density at radius 2 is 2.27 bits per heavy atom. The third-order valence-corrected chi connectivity index (χ3v) is 1.34. The third-order valence-electron chi connectivity index (χ3n) is 1.34. The first-order valence-corrected chi connectivity index (χ1v) is 3.40. The van der Waals surface area contributed by atoms with Crippen molar-refractivity contribution in [1.29, 1.82) is 0 Å². The maximum atomic E-state index is 4.07. The quantitative estimate of drug-likeness (QED) is 0.549. The highest BCUT2D eigenvalue weighted by Crippen LogP contribution is 1.76. The Morgan fingerprint density at radius 3 is 2.73 bits per heavy atom. The lowest BCUT2D eigenvalue weighted by Crippen LogP contribution is -2.37. The highest BCUT2D eigenvalue weighted by molar-refractivity contribution is 4.85. The number of nitrogens with zero attached hydrogens (tertiary/aromatic N) is 4. The van der Waals surface area contributed by atoms with Crippen molar-refractivity contribution < 1.29 is 0 Å².